The molecule has 1 unspecified atom stereocenters. The summed E-state index contributed by atoms with van der Waals surface area (Å²) >= 11 is 5.77. The molecule has 4 heteroatoms. The molecule has 0 aromatic heterocycles. The van der Waals surface area contributed by atoms with Gasteiger partial charge in [0.25, 0.3) is 0 Å². The minimum atomic E-state index is -0.854. The normalized spacial score (nSPS) is 12.3. The molecular formula is C17H18ClFO2. The van der Waals surface area contributed by atoms with Crippen molar-refractivity contribution in [1.29, 1.82) is 0 Å². The number of ether oxygens (including phenoxy) is 1. The minimum absolute atomic E-state index is 0.0618. The first kappa shape index (κ1) is 15.8. The van der Waals surface area contributed by atoms with E-state index in [1.165, 1.54) is 6.07 Å². The number of methoxy groups -OCH3 is 1. The van der Waals surface area contributed by atoms with Gasteiger partial charge in [0.15, 0.2) is 0 Å². The van der Waals surface area contributed by atoms with Crippen LogP contribution in [0.5, 0.6) is 5.75 Å². The maximum absolute atomic E-state index is 13.9. The summed E-state index contributed by atoms with van der Waals surface area (Å²) in [6.45, 7) is 3.91. The lowest BCUT2D eigenvalue weighted by Crippen LogP contribution is -2.07. The summed E-state index contributed by atoms with van der Waals surface area (Å²) in [5.74, 6) is 0.158. The molecule has 0 heterocycles. The lowest BCUT2D eigenvalue weighted by molar-refractivity contribution is 0.172. The molecule has 2 aromatic carbocycles. The summed E-state index contributed by atoms with van der Waals surface area (Å²) in [5, 5.41) is 10.5. The van der Waals surface area contributed by atoms with Crippen molar-refractivity contribution in [3.8, 4) is 5.75 Å². The largest absolute Gasteiger partial charge is 0.496 e. The van der Waals surface area contributed by atoms with Gasteiger partial charge >= 0.3 is 0 Å². The predicted octanol–water partition coefficient (Wildman–Crippen LogP) is 4.38. The fourth-order valence-electron chi connectivity index (χ4n) is 2.37. The van der Waals surface area contributed by atoms with Gasteiger partial charge in [0.2, 0.25) is 0 Å². The maximum atomic E-state index is 13.9. The van der Waals surface area contributed by atoms with E-state index in [4.69, 9.17) is 16.3 Å². The lowest BCUT2D eigenvalue weighted by atomic mass is 9.96. The molecule has 1 atom stereocenters. The number of aliphatic hydroxyl groups excluding tert-OH is 1. The van der Waals surface area contributed by atoms with E-state index < -0.39 is 11.9 Å². The molecule has 0 saturated heterocycles. The van der Waals surface area contributed by atoms with Crippen LogP contribution in [0.25, 0.3) is 0 Å². The Morgan fingerprint density at radius 2 is 1.95 bits per heavy atom. The molecule has 0 radical (unpaired) electrons. The molecule has 0 aliphatic rings. The van der Waals surface area contributed by atoms with Gasteiger partial charge < -0.3 is 9.84 Å². The maximum Gasteiger partial charge on any atom is 0.145 e. The molecule has 0 aliphatic carbocycles. The topological polar surface area (TPSA) is 29.5 Å². The van der Waals surface area contributed by atoms with Crippen LogP contribution < -0.4 is 4.74 Å². The molecule has 112 valence electrons. The van der Waals surface area contributed by atoms with E-state index in [2.05, 4.69) is 0 Å². The highest BCUT2D eigenvalue weighted by Crippen LogP contribution is 2.33. The van der Waals surface area contributed by atoms with Crippen molar-refractivity contribution in [2.24, 2.45) is 0 Å². The summed E-state index contributed by atoms with van der Waals surface area (Å²) in [5.41, 5.74) is 3.09. The van der Waals surface area contributed by atoms with E-state index in [1.807, 2.05) is 26.0 Å². The molecular weight excluding hydrogens is 291 g/mol. The first-order chi connectivity index (χ1) is 9.95. The summed E-state index contributed by atoms with van der Waals surface area (Å²) in [6, 6.07) is 8.52. The van der Waals surface area contributed by atoms with E-state index in [9.17, 15) is 9.50 Å². The molecule has 0 spiro atoms. The van der Waals surface area contributed by atoms with E-state index in [-0.39, 0.29) is 11.4 Å². The Hall–Kier alpha value is -1.58. The van der Waals surface area contributed by atoms with Crippen LogP contribution in [0, 0.1) is 19.7 Å². The van der Waals surface area contributed by atoms with Crippen LogP contribution in [0.15, 0.2) is 30.3 Å². The van der Waals surface area contributed by atoms with Crippen molar-refractivity contribution in [2.45, 2.75) is 26.4 Å². The van der Waals surface area contributed by atoms with Crippen LogP contribution >= 0.6 is 11.6 Å². The number of aryl methyl sites for hydroxylation is 1. The molecule has 2 rings (SSSR count). The number of benzene rings is 2. The van der Waals surface area contributed by atoms with Crippen molar-refractivity contribution in [3.05, 3.63) is 63.4 Å². The summed E-state index contributed by atoms with van der Waals surface area (Å²) in [7, 11) is 1.57. The van der Waals surface area contributed by atoms with Gasteiger partial charge in [-0.25, -0.2) is 4.39 Å². The van der Waals surface area contributed by atoms with Crippen LogP contribution in [0.4, 0.5) is 4.39 Å². The van der Waals surface area contributed by atoms with Crippen molar-refractivity contribution in [3.63, 3.8) is 0 Å². The molecule has 21 heavy (non-hydrogen) atoms. The zero-order valence-electron chi connectivity index (χ0n) is 12.3. The molecule has 0 aliphatic heterocycles. The Bertz CT molecular complexity index is 655. The van der Waals surface area contributed by atoms with Gasteiger partial charge in [-0.05, 0) is 36.6 Å². The Morgan fingerprint density at radius 1 is 1.24 bits per heavy atom. The van der Waals surface area contributed by atoms with Crippen LogP contribution in [0.3, 0.4) is 0 Å². The average Bonchev–Trinajstić information content (AvgIpc) is 2.46. The third-order valence-electron chi connectivity index (χ3n) is 3.72. The number of hydrogen-bond acceptors (Lipinski definition) is 2. The second-order valence-corrected chi connectivity index (χ2v) is 5.47. The molecule has 0 fully saturated rings. The Morgan fingerprint density at radius 3 is 2.62 bits per heavy atom. The van der Waals surface area contributed by atoms with E-state index >= 15 is 0 Å². The second kappa shape index (κ2) is 6.46. The smallest absolute Gasteiger partial charge is 0.145 e. The number of rotatable bonds is 4. The Labute approximate surface area is 129 Å². The number of hydrogen-bond donors (Lipinski definition) is 1. The van der Waals surface area contributed by atoms with Gasteiger partial charge in [-0.15, -0.1) is 0 Å². The molecule has 2 nitrogen and oxygen atoms in total. The van der Waals surface area contributed by atoms with Crippen LogP contribution in [0.2, 0.25) is 5.02 Å². The fourth-order valence-corrected chi connectivity index (χ4v) is 2.56. The van der Waals surface area contributed by atoms with Crippen molar-refractivity contribution >= 4 is 11.6 Å². The third-order valence-corrected chi connectivity index (χ3v) is 4.01. The van der Waals surface area contributed by atoms with Crippen molar-refractivity contribution in [2.75, 3.05) is 7.11 Å². The number of halogens is 2. The standard InChI is InChI=1S/C17H18ClFO2/c1-10-7-8-13(17(21-3)11(10)2)15(20)9-12-5-4-6-14(18)16(12)19/h4-8,15,20H,9H2,1-3H3. The van der Waals surface area contributed by atoms with Gasteiger partial charge in [-0.3, -0.25) is 0 Å². The summed E-state index contributed by atoms with van der Waals surface area (Å²) in [4.78, 5) is 0. The van der Waals surface area contributed by atoms with Gasteiger partial charge in [0.1, 0.15) is 11.6 Å². The highest BCUT2D eigenvalue weighted by molar-refractivity contribution is 6.30. The van der Waals surface area contributed by atoms with Crippen molar-refractivity contribution in [1.82, 2.24) is 0 Å². The van der Waals surface area contributed by atoms with Crippen molar-refractivity contribution < 1.29 is 14.2 Å². The lowest BCUT2D eigenvalue weighted by Gasteiger charge is -2.18. The molecule has 1 N–H and O–H groups in total. The van der Waals surface area contributed by atoms with Crippen LogP contribution in [-0.4, -0.2) is 12.2 Å². The molecule has 2 aromatic rings. The SMILES string of the molecule is COc1c(C(O)Cc2cccc(Cl)c2F)ccc(C)c1C. The molecule has 0 bridgehead atoms. The predicted molar refractivity (Wildman–Crippen MR) is 82.5 cm³/mol. The second-order valence-electron chi connectivity index (χ2n) is 5.06. The summed E-state index contributed by atoms with van der Waals surface area (Å²) < 4.78 is 19.3. The molecule has 0 saturated carbocycles. The van der Waals surface area contributed by atoms with E-state index in [0.29, 0.717) is 16.9 Å². The van der Waals surface area contributed by atoms with Gasteiger partial charge in [0, 0.05) is 12.0 Å². The third kappa shape index (κ3) is 3.20. The Kier molecular flexibility index (Phi) is 4.86. The number of aliphatic hydroxyl groups is 1. The van der Waals surface area contributed by atoms with Gasteiger partial charge in [-0.1, -0.05) is 35.9 Å². The quantitative estimate of drug-likeness (QED) is 0.908. The zero-order chi connectivity index (χ0) is 15.6. The minimum Gasteiger partial charge on any atom is -0.496 e. The molecule has 0 amide bonds. The first-order valence-electron chi connectivity index (χ1n) is 6.70. The van der Waals surface area contributed by atoms with Gasteiger partial charge in [-0.2, -0.15) is 0 Å². The van der Waals surface area contributed by atoms with Crippen LogP contribution in [0.1, 0.15) is 28.4 Å². The first-order valence-corrected chi connectivity index (χ1v) is 7.08. The highest BCUT2D eigenvalue weighted by Gasteiger charge is 2.18. The monoisotopic (exact) mass is 308 g/mol. The summed E-state index contributed by atoms with van der Waals surface area (Å²) in [6.07, 6.45) is -0.710. The zero-order valence-corrected chi connectivity index (χ0v) is 13.0. The van der Waals surface area contributed by atoms with E-state index in [1.54, 1.807) is 19.2 Å². The van der Waals surface area contributed by atoms with Crippen LogP contribution in [-0.2, 0) is 6.42 Å². The highest BCUT2D eigenvalue weighted by atomic mass is 35.5. The van der Waals surface area contributed by atoms with E-state index in [0.717, 1.165) is 11.1 Å². The Balaban J connectivity index is 2.35. The van der Waals surface area contributed by atoms with Gasteiger partial charge in [0.05, 0.1) is 18.2 Å². The fraction of sp³-hybridized carbons (Fsp3) is 0.294. The average molecular weight is 309 g/mol.